The molecule has 0 radical (unpaired) electrons. The van der Waals surface area contributed by atoms with Gasteiger partial charge in [0.25, 0.3) is 0 Å². The zero-order valence-electron chi connectivity index (χ0n) is 12.5. The van der Waals surface area contributed by atoms with Gasteiger partial charge in [0.05, 0.1) is 33.3 Å². The lowest BCUT2D eigenvalue weighted by Gasteiger charge is -2.30. The first kappa shape index (κ1) is 15.5. The zero-order chi connectivity index (χ0) is 14.5. The summed E-state index contributed by atoms with van der Waals surface area (Å²) >= 11 is 0. The molecule has 1 atom stereocenters. The van der Waals surface area contributed by atoms with Gasteiger partial charge in [-0.2, -0.15) is 0 Å². The van der Waals surface area contributed by atoms with Crippen LogP contribution in [0.1, 0.15) is 24.2 Å². The third-order valence-corrected chi connectivity index (χ3v) is 3.24. The fraction of sp³-hybridized carbons (Fsp3) is 0.533. The highest BCUT2D eigenvalue weighted by molar-refractivity contribution is 5.89. The SMILES string of the molecule is CC[N+](C)(C)C[C@H](C)OC(=O)c1ccc(OC)cc1. The molecule has 106 valence electrons. The van der Waals surface area contributed by atoms with Crippen LogP contribution in [0.2, 0.25) is 0 Å². The molecule has 0 aliphatic carbocycles. The minimum absolute atomic E-state index is 0.107. The van der Waals surface area contributed by atoms with Gasteiger partial charge in [0.1, 0.15) is 18.4 Å². The van der Waals surface area contributed by atoms with E-state index in [0.29, 0.717) is 5.56 Å². The first-order valence-electron chi connectivity index (χ1n) is 6.55. The van der Waals surface area contributed by atoms with Crippen molar-refractivity contribution in [3.05, 3.63) is 29.8 Å². The molecule has 0 heterocycles. The molecule has 0 aromatic heterocycles. The van der Waals surface area contributed by atoms with E-state index in [9.17, 15) is 4.79 Å². The lowest BCUT2D eigenvalue weighted by atomic mass is 10.2. The van der Waals surface area contributed by atoms with Crippen molar-refractivity contribution in [3.8, 4) is 5.75 Å². The smallest absolute Gasteiger partial charge is 0.338 e. The summed E-state index contributed by atoms with van der Waals surface area (Å²) < 4.78 is 11.3. The van der Waals surface area contributed by atoms with Gasteiger partial charge in [0.15, 0.2) is 0 Å². The fourth-order valence-electron chi connectivity index (χ4n) is 1.84. The molecule has 1 aromatic carbocycles. The summed E-state index contributed by atoms with van der Waals surface area (Å²) in [7, 11) is 5.84. The summed E-state index contributed by atoms with van der Waals surface area (Å²) in [5, 5.41) is 0. The highest BCUT2D eigenvalue weighted by Gasteiger charge is 2.20. The van der Waals surface area contributed by atoms with Crippen molar-refractivity contribution < 1.29 is 18.8 Å². The molecule has 0 saturated carbocycles. The molecule has 4 nitrogen and oxygen atoms in total. The molecule has 4 heteroatoms. The van der Waals surface area contributed by atoms with Crippen LogP contribution in [0.4, 0.5) is 0 Å². The van der Waals surface area contributed by atoms with Crippen LogP contribution in [0.25, 0.3) is 0 Å². The zero-order valence-corrected chi connectivity index (χ0v) is 12.5. The van der Waals surface area contributed by atoms with Crippen LogP contribution in [-0.4, -0.2) is 50.9 Å². The molecule has 0 aliphatic heterocycles. The summed E-state index contributed by atoms with van der Waals surface area (Å²) in [4.78, 5) is 12.0. The van der Waals surface area contributed by atoms with E-state index in [2.05, 4.69) is 21.0 Å². The number of ether oxygens (including phenoxy) is 2. The van der Waals surface area contributed by atoms with Crippen molar-refractivity contribution in [2.24, 2.45) is 0 Å². The number of quaternary nitrogens is 1. The van der Waals surface area contributed by atoms with E-state index in [1.807, 2.05) is 6.92 Å². The molecule has 1 rings (SSSR count). The molecule has 19 heavy (non-hydrogen) atoms. The van der Waals surface area contributed by atoms with Crippen LogP contribution in [-0.2, 0) is 4.74 Å². The van der Waals surface area contributed by atoms with Crippen LogP contribution in [0.5, 0.6) is 5.75 Å². The average Bonchev–Trinajstić information content (AvgIpc) is 2.38. The molecule has 0 saturated heterocycles. The van der Waals surface area contributed by atoms with Crippen molar-refractivity contribution in [2.75, 3.05) is 34.3 Å². The molecule has 0 N–H and O–H groups in total. The molecule has 0 amide bonds. The van der Waals surface area contributed by atoms with Gasteiger partial charge >= 0.3 is 5.97 Å². The number of carbonyl (C=O) groups is 1. The van der Waals surface area contributed by atoms with Crippen LogP contribution in [0.15, 0.2) is 24.3 Å². The number of hydrogen-bond donors (Lipinski definition) is 0. The summed E-state index contributed by atoms with van der Waals surface area (Å²) in [6.07, 6.45) is -0.107. The topological polar surface area (TPSA) is 35.5 Å². The minimum atomic E-state index is -0.286. The minimum Gasteiger partial charge on any atom is -0.497 e. The molecule has 0 bridgehead atoms. The largest absolute Gasteiger partial charge is 0.497 e. The highest BCUT2D eigenvalue weighted by atomic mass is 16.5. The van der Waals surface area contributed by atoms with Crippen LogP contribution >= 0.6 is 0 Å². The number of likely N-dealkylation sites (N-methyl/N-ethyl adjacent to an activating group) is 1. The van der Waals surface area contributed by atoms with Crippen LogP contribution in [0.3, 0.4) is 0 Å². The second-order valence-electron chi connectivity index (χ2n) is 5.38. The van der Waals surface area contributed by atoms with Gasteiger partial charge in [-0.1, -0.05) is 0 Å². The maximum atomic E-state index is 12.0. The Bertz CT molecular complexity index is 412. The first-order valence-corrected chi connectivity index (χ1v) is 6.55. The lowest BCUT2D eigenvalue weighted by Crippen LogP contribution is -2.45. The van der Waals surface area contributed by atoms with E-state index in [0.717, 1.165) is 23.3 Å². The Hall–Kier alpha value is -1.55. The van der Waals surface area contributed by atoms with Crippen LogP contribution in [0, 0.1) is 0 Å². The number of rotatable bonds is 6. The van der Waals surface area contributed by atoms with E-state index in [-0.39, 0.29) is 12.1 Å². The van der Waals surface area contributed by atoms with Crippen LogP contribution < -0.4 is 4.74 Å². The molecular weight excluding hydrogens is 242 g/mol. The number of nitrogens with zero attached hydrogens (tertiary/aromatic N) is 1. The first-order chi connectivity index (χ1) is 8.88. The van der Waals surface area contributed by atoms with E-state index in [1.54, 1.807) is 31.4 Å². The van der Waals surface area contributed by atoms with Crippen molar-refractivity contribution in [2.45, 2.75) is 20.0 Å². The molecule has 0 unspecified atom stereocenters. The third kappa shape index (κ3) is 4.91. The highest BCUT2D eigenvalue weighted by Crippen LogP contribution is 2.13. The summed E-state index contributed by atoms with van der Waals surface area (Å²) in [5.74, 6) is 0.444. The van der Waals surface area contributed by atoms with E-state index >= 15 is 0 Å². The van der Waals surface area contributed by atoms with E-state index < -0.39 is 0 Å². The Morgan fingerprint density at radius 1 is 1.26 bits per heavy atom. The van der Waals surface area contributed by atoms with Crippen molar-refractivity contribution in [1.29, 1.82) is 0 Å². The molecule has 0 fully saturated rings. The van der Waals surface area contributed by atoms with Gasteiger partial charge in [-0.3, -0.25) is 0 Å². The predicted molar refractivity (Wildman–Crippen MR) is 75.4 cm³/mol. The van der Waals surface area contributed by atoms with Gasteiger partial charge in [0, 0.05) is 0 Å². The average molecular weight is 266 g/mol. The Balaban J connectivity index is 2.58. The molecular formula is C15H24NO3+. The van der Waals surface area contributed by atoms with E-state index in [4.69, 9.17) is 9.47 Å². The summed E-state index contributed by atoms with van der Waals surface area (Å²) in [5.41, 5.74) is 0.550. The number of esters is 1. The summed E-state index contributed by atoms with van der Waals surface area (Å²) in [6.45, 7) is 5.86. The quantitative estimate of drug-likeness (QED) is 0.585. The van der Waals surface area contributed by atoms with Crippen molar-refractivity contribution in [3.63, 3.8) is 0 Å². The normalized spacial score (nSPS) is 12.9. The second-order valence-corrected chi connectivity index (χ2v) is 5.38. The number of methoxy groups -OCH3 is 1. The Labute approximate surface area is 115 Å². The Kier molecular flexibility index (Phi) is 5.36. The van der Waals surface area contributed by atoms with Crippen molar-refractivity contribution >= 4 is 5.97 Å². The maximum Gasteiger partial charge on any atom is 0.338 e. The maximum absolute atomic E-state index is 12.0. The van der Waals surface area contributed by atoms with Gasteiger partial charge in [-0.15, -0.1) is 0 Å². The number of benzene rings is 1. The van der Waals surface area contributed by atoms with E-state index in [1.165, 1.54) is 0 Å². The molecule has 0 spiro atoms. The van der Waals surface area contributed by atoms with Gasteiger partial charge in [-0.05, 0) is 38.1 Å². The van der Waals surface area contributed by atoms with Gasteiger partial charge < -0.3 is 14.0 Å². The molecule has 1 aromatic rings. The number of hydrogen-bond acceptors (Lipinski definition) is 3. The Morgan fingerprint density at radius 3 is 2.32 bits per heavy atom. The summed E-state index contributed by atoms with van der Waals surface area (Å²) in [6, 6.07) is 6.95. The van der Waals surface area contributed by atoms with Gasteiger partial charge in [-0.25, -0.2) is 4.79 Å². The Morgan fingerprint density at radius 2 is 1.84 bits per heavy atom. The lowest BCUT2D eigenvalue weighted by molar-refractivity contribution is -0.891. The number of carbonyl (C=O) groups excluding carboxylic acids is 1. The fourth-order valence-corrected chi connectivity index (χ4v) is 1.84. The third-order valence-electron chi connectivity index (χ3n) is 3.24. The van der Waals surface area contributed by atoms with Crippen molar-refractivity contribution in [1.82, 2.24) is 0 Å². The molecule has 0 aliphatic rings. The standard InChI is InChI=1S/C15H24NO3/c1-6-16(3,4)11-12(2)19-15(17)13-7-9-14(18-5)10-8-13/h7-10,12H,6,11H2,1-5H3/q+1/t12-/m0/s1. The second kappa shape index (κ2) is 6.57. The monoisotopic (exact) mass is 266 g/mol. The predicted octanol–water partition coefficient (Wildman–Crippen LogP) is 2.34. The van der Waals surface area contributed by atoms with Gasteiger partial charge in [0.2, 0.25) is 0 Å².